The van der Waals surface area contributed by atoms with Crippen LogP contribution in [-0.4, -0.2) is 18.5 Å². The summed E-state index contributed by atoms with van der Waals surface area (Å²) in [5.41, 5.74) is 6.03. The number of rotatable bonds is 4. The Labute approximate surface area is 157 Å². The number of carbonyl (C=O) groups excluding carboxylic acids is 2. The molecule has 3 N–H and O–H groups in total. The molecule has 2 aromatic rings. The maximum Gasteiger partial charge on any atom is 0.340 e. The number of nitrogen functional groups attached to an aromatic ring is 1. The molecule has 0 aliphatic carbocycles. The minimum absolute atomic E-state index is 0.0206. The lowest BCUT2D eigenvalue weighted by Gasteiger charge is -2.10. The molecular formula is C15H10Cl4N2O3. The van der Waals surface area contributed by atoms with Crippen LogP contribution in [0.4, 0.5) is 11.4 Å². The zero-order valence-electron chi connectivity index (χ0n) is 11.9. The molecule has 0 fully saturated rings. The van der Waals surface area contributed by atoms with Gasteiger partial charge in [0.25, 0.3) is 5.91 Å². The monoisotopic (exact) mass is 406 g/mol. The predicted octanol–water partition coefficient (Wildman–Crippen LogP) is 4.68. The largest absolute Gasteiger partial charge is 0.452 e. The van der Waals surface area contributed by atoms with Crippen LogP contribution in [0.3, 0.4) is 0 Å². The normalized spacial score (nSPS) is 10.3. The number of nitrogens with one attached hydrogen (secondary N) is 1. The molecule has 0 bridgehead atoms. The van der Waals surface area contributed by atoms with Gasteiger partial charge in [-0.1, -0.05) is 46.4 Å². The molecule has 0 radical (unpaired) electrons. The van der Waals surface area contributed by atoms with Crippen LogP contribution in [0.15, 0.2) is 30.3 Å². The highest BCUT2D eigenvalue weighted by Gasteiger charge is 2.17. The van der Waals surface area contributed by atoms with Gasteiger partial charge < -0.3 is 15.8 Å². The fourth-order valence-electron chi connectivity index (χ4n) is 1.74. The third-order valence-corrected chi connectivity index (χ3v) is 3.93. The van der Waals surface area contributed by atoms with Crippen LogP contribution < -0.4 is 11.1 Å². The number of halogens is 4. The lowest BCUT2D eigenvalue weighted by Crippen LogP contribution is -2.21. The van der Waals surface area contributed by atoms with Crippen LogP contribution in [0, 0.1) is 0 Å². The highest BCUT2D eigenvalue weighted by Crippen LogP contribution is 2.28. The Balaban J connectivity index is 2.00. The van der Waals surface area contributed by atoms with Crippen LogP contribution in [0.5, 0.6) is 0 Å². The van der Waals surface area contributed by atoms with Crippen LogP contribution in [0.2, 0.25) is 20.1 Å². The van der Waals surface area contributed by atoms with Crippen molar-refractivity contribution in [1.29, 1.82) is 0 Å². The maximum absolute atomic E-state index is 12.0. The predicted molar refractivity (Wildman–Crippen MR) is 96.2 cm³/mol. The molecule has 1 amide bonds. The van der Waals surface area contributed by atoms with E-state index in [-0.39, 0.29) is 26.3 Å². The minimum Gasteiger partial charge on any atom is -0.452 e. The third kappa shape index (κ3) is 4.68. The molecule has 0 heterocycles. The number of hydrogen-bond acceptors (Lipinski definition) is 4. The van der Waals surface area contributed by atoms with E-state index in [2.05, 4.69) is 5.32 Å². The minimum atomic E-state index is -0.825. The fraction of sp³-hybridized carbons (Fsp3) is 0.0667. The summed E-state index contributed by atoms with van der Waals surface area (Å²) in [6, 6.07) is 7.26. The molecule has 2 rings (SSSR count). The Kier molecular flexibility index (Phi) is 6.18. The number of nitrogens with two attached hydrogens (primary N) is 1. The molecule has 0 unspecified atom stereocenters. The second-order valence-electron chi connectivity index (χ2n) is 4.60. The second kappa shape index (κ2) is 7.94. The van der Waals surface area contributed by atoms with Gasteiger partial charge in [-0.2, -0.15) is 0 Å². The molecule has 0 aliphatic heterocycles. The zero-order valence-corrected chi connectivity index (χ0v) is 14.9. The van der Waals surface area contributed by atoms with Gasteiger partial charge in [0.1, 0.15) is 0 Å². The van der Waals surface area contributed by atoms with Crippen LogP contribution >= 0.6 is 46.4 Å². The first-order valence-corrected chi connectivity index (χ1v) is 7.95. The van der Waals surface area contributed by atoms with Gasteiger partial charge in [-0.15, -0.1) is 0 Å². The van der Waals surface area contributed by atoms with Crippen molar-refractivity contribution in [2.75, 3.05) is 17.7 Å². The Hall–Kier alpha value is -1.66. The summed E-state index contributed by atoms with van der Waals surface area (Å²) in [5, 5.41) is 3.52. The van der Waals surface area contributed by atoms with Gasteiger partial charge >= 0.3 is 5.97 Å². The van der Waals surface area contributed by atoms with E-state index in [0.29, 0.717) is 10.7 Å². The van der Waals surface area contributed by atoms with Gasteiger partial charge in [0.05, 0.1) is 27.0 Å². The van der Waals surface area contributed by atoms with E-state index in [9.17, 15) is 9.59 Å². The molecule has 0 saturated carbocycles. The summed E-state index contributed by atoms with van der Waals surface area (Å²) in [4.78, 5) is 23.8. The lowest BCUT2D eigenvalue weighted by molar-refractivity contribution is -0.119. The summed E-state index contributed by atoms with van der Waals surface area (Å²) in [5.74, 6) is -1.41. The number of anilines is 2. The average Bonchev–Trinajstić information content (AvgIpc) is 2.51. The first-order valence-electron chi connectivity index (χ1n) is 6.44. The Morgan fingerprint density at radius 2 is 1.67 bits per heavy atom. The molecule has 24 heavy (non-hydrogen) atoms. The maximum atomic E-state index is 12.0. The van der Waals surface area contributed by atoms with Gasteiger partial charge in [-0.3, -0.25) is 4.79 Å². The van der Waals surface area contributed by atoms with E-state index in [4.69, 9.17) is 56.9 Å². The van der Waals surface area contributed by atoms with E-state index in [1.807, 2.05) is 0 Å². The number of esters is 1. The molecule has 0 aromatic heterocycles. The van der Waals surface area contributed by atoms with Gasteiger partial charge in [0.15, 0.2) is 6.61 Å². The number of carbonyl (C=O) groups is 2. The molecular weight excluding hydrogens is 398 g/mol. The average molecular weight is 408 g/mol. The van der Waals surface area contributed by atoms with Gasteiger partial charge in [-0.25, -0.2) is 4.79 Å². The summed E-state index contributed by atoms with van der Waals surface area (Å²) in [6.45, 7) is -0.540. The van der Waals surface area contributed by atoms with E-state index in [0.717, 1.165) is 0 Å². The van der Waals surface area contributed by atoms with Crippen LogP contribution in [-0.2, 0) is 9.53 Å². The third-order valence-electron chi connectivity index (χ3n) is 2.85. The van der Waals surface area contributed by atoms with Crippen LogP contribution in [0.1, 0.15) is 10.4 Å². The van der Waals surface area contributed by atoms with Crippen molar-refractivity contribution in [2.24, 2.45) is 0 Å². The molecule has 0 atom stereocenters. The summed E-state index contributed by atoms with van der Waals surface area (Å²) in [6.07, 6.45) is 0. The lowest BCUT2D eigenvalue weighted by atomic mass is 10.2. The van der Waals surface area contributed by atoms with Crippen molar-refractivity contribution in [3.63, 3.8) is 0 Å². The molecule has 126 valence electrons. The Morgan fingerprint density at radius 3 is 2.33 bits per heavy atom. The summed E-state index contributed by atoms with van der Waals surface area (Å²) < 4.78 is 4.90. The second-order valence-corrected chi connectivity index (χ2v) is 6.28. The first-order chi connectivity index (χ1) is 11.3. The highest BCUT2D eigenvalue weighted by molar-refractivity contribution is 6.37. The number of ether oxygens (including phenoxy) is 1. The molecule has 9 heteroatoms. The number of hydrogen-bond donors (Lipinski definition) is 2. The van der Waals surface area contributed by atoms with Crippen molar-refractivity contribution < 1.29 is 14.3 Å². The Morgan fingerprint density at radius 1 is 1.00 bits per heavy atom. The van der Waals surface area contributed by atoms with Gasteiger partial charge in [-0.05, 0) is 30.3 Å². The van der Waals surface area contributed by atoms with Crippen molar-refractivity contribution in [3.05, 3.63) is 56.0 Å². The van der Waals surface area contributed by atoms with Crippen molar-refractivity contribution in [1.82, 2.24) is 0 Å². The topological polar surface area (TPSA) is 81.4 Å². The van der Waals surface area contributed by atoms with Crippen molar-refractivity contribution >= 4 is 69.7 Å². The number of benzene rings is 2. The SMILES string of the molecule is Nc1c(Cl)cc(Cl)cc1C(=O)OCC(=O)Nc1ccc(Cl)cc1Cl. The fourth-order valence-corrected chi connectivity index (χ4v) is 2.69. The van der Waals surface area contributed by atoms with E-state index in [1.54, 1.807) is 6.07 Å². The van der Waals surface area contributed by atoms with Crippen molar-refractivity contribution in [2.45, 2.75) is 0 Å². The molecule has 0 aliphatic rings. The van der Waals surface area contributed by atoms with Gasteiger partial charge in [0, 0.05) is 10.0 Å². The van der Waals surface area contributed by atoms with Crippen molar-refractivity contribution in [3.8, 4) is 0 Å². The van der Waals surface area contributed by atoms with Crippen LogP contribution in [0.25, 0.3) is 0 Å². The summed E-state index contributed by atoms with van der Waals surface area (Å²) >= 11 is 23.4. The smallest absolute Gasteiger partial charge is 0.340 e. The zero-order chi connectivity index (χ0) is 17.9. The highest BCUT2D eigenvalue weighted by atomic mass is 35.5. The molecule has 0 saturated heterocycles. The quantitative estimate of drug-likeness (QED) is 0.569. The molecule has 0 spiro atoms. The Bertz CT molecular complexity index is 812. The van der Waals surface area contributed by atoms with E-state index < -0.39 is 18.5 Å². The van der Waals surface area contributed by atoms with E-state index in [1.165, 1.54) is 24.3 Å². The molecule has 5 nitrogen and oxygen atoms in total. The number of amides is 1. The molecule has 2 aromatic carbocycles. The first kappa shape index (κ1) is 18.7. The standard InChI is InChI=1S/C15H10Cl4N2O3/c16-7-1-2-12(10(18)4-7)21-13(22)6-24-15(23)9-3-8(17)5-11(19)14(9)20/h1-5H,6,20H2,(H,21,22). The van der Waals surface area contributed by atoms with E-state index >= 15 is 0 Å². The van der Waals surface area contributed by atoms with Gasteiger partial charge in [0.2, 0.25) is 0 Å². The summed E-state index contributed by atoms with van der Waals surface area (Å²) in [7, 11) is 0.